The number of nitrogens with one attached hydrogen (secondary N) is 1. The molecule has 0 saturated carbocycles. The van der Waals surface area contributed by atoms with Gasteiger partial charge in [0.25, 0.3) is 0 Å². The quantitative estimate of drug-likeness (QED) is 0.796. The van der Waals surface area contributed by atoms with E-state index in [1.54, 1.807) is 6.92 Å². The van der Waals surface area contributed by atoms with Gasteiger partial charge in [-0.2, -0.15) is 0 Å². The molecule has 2 rings (SSSR count). The maximum atomic E-state index is 13.7. The molecule has 2 aromatic carbocycles. The van der Waals surface area contributed by atoms with E-state index in [0.29, 0.717) is 5.56 Å². The van der Waals surface area contributed by atoms with Crippen LogP contribution in [0.2, 0.25) is 5.02 Å². The van der Waals surface area contributed by atoms with E-state index in [1.807, 2.05) is 0 Å². The number of halogens is 3. The van der Waals surface area contributed by atoms with Gasteiger partial charge in [0, 0.05) is 17.7 Å². The van der Waals surface area contributed by atoms with Crippen LogP contribution in [0.1, 0.15) is 18.5 Å². The Morgan fingerprint density at radius 3 is 2.45 bits per heavy atom. The summed E-state index contributed by atoms with van der Waals surface area (Å²) >= 11 is 5.79. The summed E-state index contributed by atoms with van der Waals surface area (Å²) in [4.78, 5) is 0. The Balaban J connectivity index is 2.30. The standard InChI is InChI=1S/C14H12ClF2NO2/c1-7(10-3-2-9(19)6-13(10)20)18-14-11(15)4-8(16)5-12(14)17/h2-7,18-20H,1H3. The first-order chi connectivity index (χ1) is 9.38. The lowest BCUT2D eigenvalue weighted by Gasteiger charge is -2.18. The van der Waals surface area contributed by atoms with Crippen molar-refractivity contribution in [2.75, 3.05) is 5.32 Å². The van der Waals surface area contributed by atoms with Crippen molar-refractivity contribution in [2.24, 2.45) is 0 Å². The van der Waals surface area contributed by atoms with Crippen molar-refractivity contribution in [3.8, 4) is 11.5 Å². The molecule has 106 valence electrons. The van der Waals surface area contributed by atoms with Crippen molar-refractivity contribution >= 4 is 17.3 Å². The molecule has 1 atom stereocenters. The van der Waals surface area contributed by atoms with Crippen molar-refractivity contribution < 1.29 is 19.0 Å². The molecule has 0 aliphatic carbocycles. The van der Waals surface area contributed by atoms with Crippen LogP contribution in [-0.2, 0) is 0 Å². The molecule has 0 aliphatic rings. The molecule has 1 unspecified atom stereocenters. The molecule has 3 N–H and O–H groups in total. The fraction of sp³-hybridized carbons (Fsp3) is 0.143. The Bertz CT molecular complexity index is 626. The maximum Gasteiger partial charge on any atom is 0.150 e. The summed E-state index contributed by atoms with van der Waals surface area (Å²) in [5.41, 5.74) is 0.399. The van der Waals surface area contributed by atoms with Crippen LogP contribution in [-0.4, -0.2) is 10.2 Å². The van der Waals surface area contributed by atoms with Crippen molar-refractivity contribution in [3.63, 3.8) is 0 Å². The van der Waals surface area contributed by atoms with Gasteiger partial charge in [-0.25, -0.2) is 8.78 Å². The maximum absolute atomic E-state index is 13.7. The second kappa shape index (κ2) is 5.54. The summed E-state index contributed by atoms with van der Waals surface area (Å²) in [7, 11) is 0. The molecule has 20 heavy (non-hydrogen) atoms. The molecular weight excluding hydrogens is 288 g/mol. The molecule has 0 saturated heterocycles. The minimum Gasteiger partial charge on any atom is -0.508 e. The van der Waals surface area contributed by atoms with Crippen LogP contribution in [0, 0.1) is 11.6 Å². The van der Waals surface area contributed by atoms with Gasteiger partial charge in [-0.05, 0) is 25.1 Å². The van der Waals surface area contributed by atoms with Crippen LogP contribution in [0.3, 0.4) is 0 Å². The van der Waals surface area contributed by atoms with E-state index < -0.39 is 17.7 Å². The number of phenols is 2. The first kappa shape index (κ1) is 14.4. The van der Waals surface area contributed by atoms with Gasteiger partial charge in [-0.1, -0.05) is 11.6 Å². The third-order valence-corrected chi connectivity index (χ3v) is 3.15. The second-order valence-corrected chi connectivity index (χ2v) is 4.76. The normalized spacial score (nSPS) is 12.2. The van der Waals surface area contributed by atoms with E-state index in [9.17, 15) is 19.0 Å². The first-order valence-corrected chi connectivity index (χ1v) is 6.19. The average molecular weight is 300 g/mol. The van der Waals surface area contributed by atoms with E-state index in [2.05, 4.69) is 5.32 Å². The predicted molar refractivity (Wildman–Crippen MR) is 73.2 cm³/mol. The lowest BCUT2D eigenvalue weighted by molar-refractivity contribution is 0.444. The fourth-order valence-electron chi connectivity index (χ4n) is 1.87. The lowest BCUT2D eigenvalue weighted by atomic mass is 10.1. The predicted octanol–water partition coefficient (Wildman–Crippen LogP) is 4.20. The zero-order valence-electron chi connectivity index (χ0n) is 10.5. The van der Waals surface area contributed by atoms with Crippen LogP contribution in [0.25, 0.3) is 0 Å². The molecule has 0 spiro atoms. The second-order valence-electron chi connectivity index (χ2n) is 4.35. The molecule has 3 nitrogen and oxygen atoms in total. The van der Waals surface area contributed by atoms with Crippen LogP contribution >= 0.6 is 11.6 Å². The highest BCUT2D eigenvalue weighted by molar-refractivity contribution is 6.33. The third kappa shape index (κ3) is 2.93. The molecule has 0 heterocycles. The summed E-state index contributed by atoms with van der Waals surface area (Å²) in [6.07, 6.45) is 0. The molecule has 0 aromatic heterocycles. The van der Waals surface area contributed by atoms with Gasteiger partial charge in [0.2, 0.25) is 0 Å². The van der Waals surface area contributed by atoms with Gasteiger partial charge in [0.15, 0.2) is 5.82 Å². The average Bonchev–Trinajstić information content (AvgIpc) is 2.33. The van der Waals surface area contributed by atoms with Gasteiger partial charge < -0.3 is 15.5 Å². The highest BCUT2D eigenvalue weighted by Crippen LogP contribution is 2.33. The summed E-state index contributed by atoms with van der Waals surface area (Å²) in [5.74, 6) is -1.80. The summed E-state index contributed by atoms with van der Waals surface area (Å²) in [6.45, 7) is 1.67. The molecular formula is C14H12ClF2NO2. The number of aromatic hydroxyl groups is 2. The minimum atomic E-state index is -0.819. The highest BCUT2D eigenvalue weighted by atomic mass is 35.5. The molecule has 0 bridgehead atoms. The van der Waals surface area contributed by atoms with Crippen molar-refractivity contribution in [1.82, 2.24) is 0 Å². The van der Waals surface area contributed by atoms with Gasteiger partial charge in [-0.3, -0.25) is 0 Å². The zero-order chi connectivity index (χ0) is 14.9. The highest BCUT2D eigenvalue weighted by Gasteiger charge is 2.16. The molecule has 0 fully saturated rings. The number of rotatable bonds is 3. The summed E-state index contributed by atoms with van der Waals surface area (Å²) < 4.78 is 26.6. The van der Waals surface area contributed by atoms with E-state index in [1.165, 1.54) is 18.2 Å². The number of hydrogen-bond acceptors (Lipinski definition) is 3. The van der Waals surface area contributed by atoms with Crippen LogP contribution in [0.15, 0.2) is 30.3 Å². The number of anilines is 1. The monoisotopic (exact) mass is 299 g/mol. The van der Waals surface area contributed by atoms with Gasteiger partial charge in [0.05, 0.1) is 16.8 Å². The largest absolute Gasteiger partial charge is 0.508 e. The van der Waals surface area contributed by atoms with Crippen molar-refractivity contribution in [1.29, 1.82) is 0 Å². The van der Waals surface area contributed by atoms with Crippen molar-refractivity contribution in [3.05, 3.63) is 52.6 Å². The zero-order valence-corrected chi connectivity index (χ0v) is 11.2. The van der Waals surface area contributed by atoms with E-state index >= 15 is 0 Å². The molecule has 0 radical (unpaired) electrons. The Morgan fingerprint density at radius 1 is 1.15 bits per heavy atom. The Labute approximate surface area is 119 Å². The molecule has 0 aliphatic heterocycles. The Morgan fingerprint density at radius 2 is 1.85 bits per heavy atom. The Hall–Kier alpha value is -2.01. The van der Waals surface area contributed by atoms with Crippen LogP contribution in [0.4, 0.5) is 14.5 Å². The first-order valence-electron chi connectivity index (χ1n) is 5.81. The third-order valence-electron chi connectivity index (χ3n) is 2.85. The topological polar surface area (TPSA) is 52.5 Å². The van der Waals surface area contributed by atoms with Crippen LogP contribution < -0.4 is 5.32 Å². The van der Waals surface area contributed by atoms with E-state index in [0.717, 1.165) is 12.1 Å². The summed E-state index contributed by atoms with van der Waals surface area (Å²) in [6, 6.07) is 5.30. The van der Waals surface area contributed by atoms with Crippen LogP contribution in [0.5, 0.6) is 11.5 Å². The minimum absolute atomic E-state index is 0.0481. The van der Waals surface area contributed by atoms with E-state index in [4.69, 9.17) is 11.6 Å². The number of hydrogen-bond donors (Lipinski definition) is 3. The molecule has 2 aromatic rings. The lowest BCUT2D eigenvalue weighted by Crippen LogP contribution is -2.09. The molecule has 6 heteroatoms. The summed E-state index contributed by atoms with van der Waals surface area (Å²) in [5, 5.41) is 21.6. The van der Waals surface area contributed by atoms with E-state index in [-0.39, 0.29) is 22.2 Å². The number of phenolic OH excluding ortho intramolecular Hbond substituents is 2. The van der Waals surface area contributed by atoms with Gasteiger partial charge >= 0.3 is 0 Å². The molecule has 0 amide bonds. The van der Waals surface area contributed by atoms with Gasteiger partial charge in [0.1, 0.15) is 17.3 Å². The van der Waals surface area contributed by atoms with Crippen molar-refractivity contribution in [2.45, 2.75) is 13.0 Å². The number of benzene rings is 2. The smallest absolute Gasteiger partial charge is 0.150 e. The van der Waals surface area contributed by atoms with Gasteiger partial charge in [-0.15, -0.1) is 0 Å². The fourth-order valence-corrected chi connectivity index (χ4v) is 2.12. The SMILES string of the molecule is CC(Nc1c(F)cc(F)cc1Cl)c1ccc(O)cc1O. The Kier molecular flexibility index (Phi) is 3.99.